The summed E-state index contributed by atoms with van der Waals surface area (Å²) in [4.78, 5) is 0. The van der Waals surface area contributed by atoms with Crippen LogP contribution in [0.4, 0.5) is 0 Å². The Kier molecular flexibility index (Phi) is 9.95. The molecule has 0 saturated heterocycles. The third-order valence-electron chi connectivity index (χ3n) is 4.24. The molecule has 1 aromatic rings. The van der Waals surface area contributed by atoms with Crippen LogP contribution in [0.1, 0.15) is 87.8 Å². The highest BCUT2D eigenvalue weighted by atomic mass is 14.0. The average Bonchev–Trinajstić information content (AvgIpc) is 2.50. The molecule has 0 aliphatic rings. The molecule has 0 saturated carbocycles. The summed E-state index contributed by atoms with van der Waals surface area (Å²) in [6.07, 6.45) is 16.7. The second-order valence-electron chi connectivity index (χ2n) is 6.20. The van der Waals surface area contributed by atoms with Crippen molar-refractivity contribution in [3.63, 3.8) is 0 Å². The van der Waals surface area contributed by atoms with Crippen LogP contribution in [0.2, 0.25) is 0 Å². The van der Waals surface area contributed by atoms with Gasteiger partial charge in [0.2, 0.25) is 0 Å². The van der Waals surface area contributed by atoms with Gasteiger partial charge in [0.05, 0.1) is 0 Å². The highest BCUT2D eigenvalue weighted by Gasteiger charge is 1.99. The van der Waals surface area contributed by atoms with Gasteiger partial charge in [-0.15, -0.1) is 0 Å². The predicted octanol–water partition coefficient (Wildman–Crippen LogP) is 6.70. The van der Waals surface area contributed by atoms with E-state index in [9.17, 15) is 0 Å². The predicted molar refractivity (Wildman–Crippen MR) is 94.3 cm³/mol. The number of aryl methyl sites for hydroxylation is 2. The Morgan fingerprint density at radius 2 is 1.52 bits per heavy atom. The Morgan fingerprint density at radius 3 is 2.10 bits per heavy atom. The molecule has 1 aromatic carbocycles. The molecule has 0 heterocycles. The van der Waals surface area contributed by atoms with E-state index in [0.29, 0.717) is 0 Å². The lowest BCUT2D eigenvalue weighted by atomic mass is 10.00. The maximum Gasteiger partial charge on any atom is -0.0146 e. The fourth-order valence-corrected chi connectivity index (χ4v) is 2.75. The summed E-state index contributed by atoms with van der Waals surface area (Å²) in [6.45, 7) is 9.99. The molecule has 0 heteroatoms. The Balaban J connectivity index is 2.03. The van der Waals surface area contributed by atoms with E-state index >= 15 is 0 Å². The second-order valence-corrected chi connectivity index (χ2v) is 6.20. The molecule has 1 rings (SSSR count). The summed E-state index contributed by atoms with van der Waals surface area (Å²) in [5.41, 5.74) is 3.66. The maximum absolute atomic E-state index is 5.63. The van der Waals surface area contributed by atoms with Gasteiger partial charge in [-0.05, 0) is 42.5 Å². The van der Waals surface area contributed by atoms with E-state index in [1.165, 1.54) is 75.3 Å². The molecule has 0 amide bonds. The molecule has 0 unspecified atom stereocenters. The standard InChI is InChI=1S/C21H32/c1-4-6-7-8-9-10-11-12-13-14-15-20-17-16-19(3)21(5-2)18-20/h2,5,16,18H,4,6-15H2,1,3H3. The van der Waals surface area contributed by atoms with Gasteiger partial charge in [-0.1, -0.05) is 89.5 Å². The van der Waals surface area contributed by atoms with Crippen molar-refractivity contribution >= 4 is 6.08 Å². The Hall–Kier alpha value is -1.04. The first-order valence-corrected chi connectivity index (χ1v) is 8.84. The van der Waals surface area contributed by atoms with Crippen LogP contribution in [-0.2, 0) is 6.42 Å². The summed E-state index contributed by atoms with van der Waals surface area (Å²) < 4.78 is 0. The summed E-state index contributed by atoms with van der Waals surface area (Å²) in [7, 11) is 0. The summed E-state index contributed by atoms with van der Waals surface area (Å²) >= 11 is 0. The van der Waals surface area contributed by atoms with E-state index in [2.05, 4.69) is 32.0 Å². The average molecular weight is 284 g/mol. The molecule has 2 radical (unpaired) electrons. The van der Waals surface area contributed by atoms with Gasteiger partial charge in [-0.25, -0.2) is 0 Å². The van der Waals surface area contributed by atoms with Gasteiger partial charge in [0.1, 0.15) is 0 Å². The lowest BCUT2D eigenvalue weighted by Gasteiger charge is -2.05. The number of unbranched alkanes of at least 4 members (excludes halogenated alkanes) is 9. The lowest BCUT2D eigenvalue weighted by molar-refractivity contribution is 0.556. The zero-order chi connectivity index (χ0) is 15.3. The van der Waals surface area contributed by atoms with Crippen LogP contribution in [0.15, 0.2) is 12.1 Å². The molecular weight excluding hydrogens is 252 g/mol. The molecule has 0 aliphatic heterocycles. The molecule has 116 valence electrons. The van der Waals surface area contributed by atoms with Gasteiger partial charge >= 0.3 is 0 Å². The van der Waals surface area contributed by atoms with E-state index in [4.69, 9.17) is 6.58 Å². The molecule has 0 bridgehead atoms. The highest BCUT2D eigenvalue weighted by Crippen LogP contribution is 2.15. The van der Waals surface area contributed by atoms with Crippen molar-refractivity contribution in [3.05, 3.63) is 41.5 Å². The van der Waals surface area contributed by atoms with Crippen molar-refractivity contribution in [3.8, 4) is 0 Å². The number of benzene rings is 1. The SMILES string of the molecule is [CH]=Cc1cc(CCCCCCCCCCCC)[c]cc1C. The van der Waals surface area contributed by atoms with Crippen molar-refractivity contribution in [1.82, 2.24) is 0 Å². The third-order valence-corrected chi connectivity index (χ3v) is 4.24. The Labute approximate surface area is 132 Å². The van der Waals surface area contributed by atoms with Gasteiger partial charge in [-0.3, -0.25) is 0 Å². The fourth-order valence-electron chi connectivity index (χ4n) is 2.75. The van der Waals surface area contributed by atoms with Crippen LogP contribution in [0.25, 0.3) is 6.08 Å². The molecule has 0 nitrogen and oxygen atoms in total. The minimum atomic E-state index is 1.14. The van der Waals surface area contributed by atoms with Crippen LogP contribution < -0.4 is 0 Å². The zero-order valence-electron chi connectivity index (χ0n) is 14.1. The van der Waals surface area contributed by atoms with E-state index in [0.717, 1.165) is 12.0 Å². The first-order chi connectivity index (χ1) is 10.3. The minimum absolute atomic E-state index is 1.14. The minimum Gasteiger partial charge on any atom is -0.0654 e. The summed E-state index contributed by atoms with van der Waals surface area (Å²) in [6, 6.07) is 7.61. The van der Waals surface area contributed by atoms with Crippen molar-refractivity contribution in [2.45, 2.75) is 84.5 Å². The summed E-state index contributed by atoms with van der Waals surface area (Å²) in [5.74, 6) is 0. The van der Waals surface area contributed by atoms with Crippen molar-refractivity contribution < 1.29 is 0 Å². The van der Waals surface area contributed by atoms with E-state index in [-0.39, 0.29) is 0 Å². The lowest BCUT2D eigenvalue weighted by Crippen LogP contribution is -1.90. The third kappa shape index (κ3) is 8.09. The topological polar surface area (TPSA) is 0 Å². The normalized spacial score (nSPS) is 10.8. The molecule has 21 heavy (non-hydrogen) atoms. The molecule has 0 atom stereocenters. The van der Waals surface area contributed by atoms with Gasteiger partial charge in [0.15, 0.2) is 0 Å². The van der Waals surface area contributed by atoms with Gasteiger partial charge < -0.3 is 0 Å². The van der Waals surface area contributed by atoms with Crippen LogP contribution >= 0.6 is 0 Å². The first kappa shape index (κ1) is 18.0. The molecule has 0 spiro atoms. The largest absolute Gasteiger partial charge is 0.0654 e. The maximum atomic E-state index is 5.63. The Bertz CT molecular complexity index is 389. The van der Waals surface area contributed by atoms with Gasteiger partial charge in [-0.2, -0.15) is 0 Å². The van der Waals surface area contributed by atoms with Crippen LogP contribution in [0.5, 0.6) is 0 Å². The molecular formula is C21H32. The van der Waals surface area contributed by atoms with Crippen LogP contribution in [-0.4, -0.2) is 0 Å². The molecule has 0 aliphatic carbocycles. The fraction of sp³-hybridized carbons (Fsp3) is 0.619. The number of hydrogen-bond donors (Lipinski definition) is 0. The smallest absolute Gasteiger partial charge is 0.0146 e. The monoisotopic (exact) mass is 284 g/mol. The van der Waals surface area contributed by atoms with E-state index < -0.39 is 0 Å². The van der Waals surface area contributed by atoms with Crippen molar-refractivity contribution in [2.75, 3.05) is 0 Å². The zero-order valence-corrected chi connectivity index (χ0v) is 14.1. The van der Waals surface area contributed by atoms with Crippen LogP contribution in [0, 0.1) is 19.6 Å². The molecule has 0 aromatic heterocycles. The van der Waals surface area contributed by atoms with Crippen LogP contribution in [0.3, 0.4) is 0 Å². The van der Waals surface area contributed by atoms with Crippen molar-refractivity contribution in [2.24, 2.45) is 0 Å². The highest BCUT2D eigenvalue weighted by molar-refractivity contribution is 5.51. The van der Waals surface area contributed by atoms with E-state index in [1.807, 2.05) is 0 Å². The van der Waals surface area contributed by atoms with Gasteiger partial charge in [0.25, 0.3) is 0 Å². The second kappa shape index (κ2) is 11.6. The first-order valence-electron chi connectivity index (χ1n) is 8.84. The quantitative estimate of drug-likeness (QED) is 0.374. The van der Waals surface area contributed by atoms with Gasteiger partial charge in [0, 0.05) is 0 Å². The molecule has 0 fully saturated rings. The number of hydrogen-bond acceptors (Lipinski definition) is 0. The summed E-state index contributed by atoms with van der Waals surface area (Å²) in [5, 5.41) is 0. The number of rotatable bonds is 12. The van der Waals surface area contributed by atoms with E-state index in [1.54, 1.807) is 6.08 Å². The Morgan fingerprint density at radius 1 is 0.952 bits per heavy atom. The van der Waals surface area contributed by atoms with Crippen molar-refractivity contribution in [1.29, 1.82) is 0 Å². The molecule has 0 N–H and O–H groups in total.